The third-order valence-corrected chi connectivity index (χ3v) is 1.77. The summed E-state index contributed by atoms with van der Waals surface area (Å²) in [4.78, 5) is 10.9. The summed E-state index contributed by atoms with van der Waals surface area (Å²) < 4.78 is 18.9. The summed E-state index contributed by atoms with van der Waals surface area (Å²) in [6.45, 7) is 0. The first-order valence-corrected chi connectivity index (χ1v) is 3.44. The van der Waals surface area contributed by atoms with Crippen LogP contribution in [0.3, 0.4) is 0 Å². The molecular weight excluding hydrogens is 161 g/mol. The van der Waals surface area contributed by atoms with Crippen molar-refractivity contribution in [3.05, 3.63) is 34.6 Å². The second-order valence-electron chi connectivity index (χ2n) is 2.52. The molecule has 0 N–H and O–H groups in total. The van der Waals surface area contributed by atoms with Crippen molar-refractivity contribution in [3.8, 4) is 0 Å². The van der Waals surface area contributed by atoms with Crippen LogP contribution in [0, 0.1) is 5.82 Å². The van der Waals surface area contributed by atoms with Crippen LogP contribution in [0.1, 0.15) is 0 Å². The highest BCUT2D eigenvalue weighted by Crippen LogP contribution is 2.14. The van der Waals surface area contributed by atoms with Gasteiger partial charge in [0.1, 0.15) is 0 Å². The summed E-state index contributed by atoms with van der Waals surface area (Å²) in [6, 6.07) is 4.42. The molecule has 0 aliphatic rings. The summed E-state index contributed by atoms with van der Waals surface area (Å²) in [5.41, 5.74) is 0.491. The number of aromatic nitrogens is 1. The number of para-hydroxylation sites is 1. The van der Waals surface area contributed by atoms with Gasteiger partial charge in [0.2, 0.25) is 0 Å². The van der Waals surface area contributed by atoms with E-state index >= 15 is 0 Å². The van der Waals surface area contributed by atoms with Gasteiger partial charge in [-0.1, -0.05) is 6.07 Å². The summed E-state index contributed by atoms with van der Waals surface area (Å²) >= 11 is 0. The zero-order chi connectivity index (χ0) is 8.72. The van der Waals surface area contributed by atoms with E-state index in [1.165, 1.54) is 23.7 Å². The maximum atomic E-state index is 12.9. The van der Waals surface area contributed by atoms with E-state index < -0.39 is 11.6 Å². The molecule has 3 nitrogen and oxygen atoms in total. The minimum atomic E-state index is -0.546. The lowest BCUT2D eigenvalue weighted by Crippen LogP contribution is -2.08. The van der Waals surface area contributed by atoms with Gasteiger partial charge in [-0.05, 0) is 12.1 Å². The average molecular weight is 167 g/mol. The van der Waals surface area contributed by atoms with E-state index in [1.54, 1.807) is 6.07 Å². The lowest BCUT2D eigenvalue weighted by molar-refractivity contribution is 0.505. The van der Waals surface area contributed by atoms with Crippen molar-refractivity contribution in [2.24, 2.45) is 7.05 Å². The number of hydrogen-bond acceptors (Lipinski definition) is 2. The molecule has 62 valence electrons. The van der Waals surface area contributed by atoms with Crippen LogP contribution >= 0.6 is 0 Å². The highest BCUT2D eigenvalue weighted by molar-refractivity contribution is 5.73. The van der Waals surface area contributed by atoms with Crippen molar-refractivity contribution in [2.75, 3.05) is 0 Å². The predicted octanol–water partition coefficient (Wildman–Crippen LogP) is 1.27. The van der Waals surface area contributed by atoms with Crippen molar-refractivity contribution in [1.29, 1.82) is 0 Å². The Kier molecular flexibility index (Phi) is 1.30. The van der Waals surface area contributed by atoms with Gasteiger partial charge in [-0.15, -0.1) is 0 Å². The number of oxazole rings is 1. The Morgan fingerprint density at radius 2 is 2.25 bits per heavy atom. The van der Waals surface area contributed by atoms with Gasteiger partial charge in [-0.2, -0.15) is 0 Å². The number of hydrogen-bond donors (Lipinski definition) is 0. The lowest BCUT2D eigenvalue weighted by atomic mass is 10.3. The molecule has 1 heterocycles. The van der Waals surface area contributed by atoms with E-state index in [1.807, 2.05) is 0 Å². The first kappa shape index (κ1) is 7.09. The van der Waals surface area contributed by atoms with Crippen molar-refractivity contribution in [3.63, 3.8) is 0 Å². The highest BCUT2D eigenvalue weighted by Gasteiger charge is 2.08. The Morgan fingerprint density at radius 3 is 2.92 bits per heavy atom. The number of aryl methyl sites for hydroxylation is 1. The zero-order valence-corrected chi connectivity index (χ0v) is 6.37. The Morgan fingerprint density at radius 1 is 1.50 bits per heavy atom. The maximum absolute atomic E-state index is 12.9. The van der Waals surface area contributed by atoms with E-state index in [9.17, 15) is 9.18 Å². The second kappa shape index (κ2) is 2.20. The van der Waals surface area contributed by atoms with Gasteiger partial charge < -0.3 is 4.42 Å². The van der Waals surface area contributed by atoms with Crippen molar-refractivity contribution in [1.82, 2.24) is 4.57 Å². The van der Waals surface area contributed by atoms with E-state index in [0.29, 0.717) is 5.52 Å². The van der Waals surface area contributed by atoms with Gasteiger partial charge in [-0.3, -0.25) is 4.57 Å². The van der Waals surface area contributed by atoms with Crippen LogP contribution in [-0.4, -0.2) is 4.57 Å². The number of fused-ring (bicyclic) bond motifs is 1. The van der Waals surface area contributed by atoms with Crippen LogP contribution in [0.4, 0.5) is 4.39 Å². The normalized spacial score (nSPS) is 10.8. The van der Waals surface area contributed by atoms with Crippen molar-refractivity contribution in [2.45, 2.75) is 0 Å². The molecular formula is C8H6FNO2. The number of nitrogens with zero attached hydrogens (tertiary/aromatic N) is 1. The number of benzene rings is 1. The predicted molar refractivity (Wildman–Crippen MR) is 41.4 cm³/mol. The maximum Gasteiger partial charge on any atom is 0.419 e. The molecule has 0 radical (unpaired) electrons. The van der Waals surface area contributed by atoms with Gasteiger partial charge in [0.15, 0.2) is 11.4 Å². The molecule has 12 heavy (non-hydrogen) atoms. The third kappa shape index (κ3) is 0.777. The Hall–Kier alpha value is -1.58. The standard InChI is InChI=1S/C8H6FNO2/c1-10-6-4-2-3-5(9)7(6)12-8(10)11/h2-4H,1H3. The smallest absolute Gasteiger partial charge is 0.405 e. The molecule has 4 heteroatoms. The van der Waals surface area contributed by atoms with Gasteiger partial charge in [0.05, 0.1) is 5.52 Å². The molecule has 0 saturated carbocycles. The molecule has 1 aromatic heterocycles. The molecule has 0 atom stereocenters. The average Bonchev–Trinajstić information content (AvgIpc) is 2.32. The minimum Gasteiger partial charge on any atom is -0.405 e. The molecule has 0 spiro atoms. The largest absolute Gasteiger partial charge is 0.419 e. The summed E-state index contributed by atoms with van der Waals surface area (Å²) in [5, 5.41) is 0. The van der Waals surface area contributed by atoms with Gasteiger partial charge >= 0.3 is 5.76 Å². The molecule has 0 aliphatic carbocycles. The molecule has 2 aromatic rings. The van der Waals surface area contributed by atoms with Crippen LogP contribution in [0.25, 0.3) is 11.1 Å². The first-order valence-electron chi connectivity index (χ1n) is 3.44. The fraction of sp³-hybridized carbons (Fsp3) is 0.125. The number of rotatable bonds is 0. The van der Waals surface area contributed by atoms with Crippen LogP contribution < -0.4 is 5.76 Å². The monoisotopic (exact) mass is 167 g/mol. The fourth-order valence-electron chi connectivity index (χ4n) is 1.12. The molecule has 0 saturated heterocycles. The van der Waals surface area contributed by atoms with E-state index in [4.69, 9.17) is 0 Å². The topological polar surface area (TPSA) is 35.1 Å². The van der Waals surface area contributed by atoms with Crippen LogP contribution in [0.15, 0.2) is 27.4 Å². The van der Waals surface area contributed by atoms with E-state index in [2.05, 4.69) is 4.42 Å². The van der Waals surface area contributed by atoms with Crippen LogP contribution in [0.5, 0.6) is 0 Å². The SMILES string of the molecule is Cn1c(=O)oc2c(F)cccc21. The lowest BCUT2D eigenvalue weighted by Gasteiger charge is -1.89. The molecule has 0 unspecified atom stereocenters. The molecule has 0 fully saturated rings. The highest BCUT2D eigenvalue weighted by atomic mass is 19.1. The van der Waals surface area contributed by atoms with Crippen molar-refractivity contribution < 1.29 is 8.81 Å². The fourth-order valence-corrected chi connectivity index (χ4v) is 1.12. The minimum absolute atomic E-state index is 0.0185. The molecule has 2 rings (SSSR count). The number of halogens is 1. The van der Waals surface area contributed by atoms with Crippen molar-refractivity contribution >= 4 is 11.1 Å². The Balaban J connectivity index is 3.05. The molecule has 0 bridgehead atoms. The summed E-state index contributed by atoms with van der Waals surface area (Å²) in [6.07, 6.45) is 0. The summed E-state index contributed by atoms with van der Waals surface area (Å²) in [5.74, 6) is -1.06. The van der Waals surface area contributed by atoms with Crippen LogP contribution in [-0.2, 0) is 7.05 Å². The Bertz CT molecular complexity index is 483. The Labute approximate surface area is 67.0 Å². The van der Waals surface area contributed by atoms with E-state index in [-0.39, 0.29) is 5.58 Å². The second-order valence-corrected chi connectivity index (χ2v) is 2.52. The van der Waals surface area contributed by atoms with Gasteiger partial charge in [-0.25, -0.2) is 9.18 Å². The van der Waals surface area contributed by atoms with Gasteiger partial charge in [0.25, 0.3) is 0 Å². The quantitative estimate of drug-likeness (QED) is 0.592. The zero-order valence-electron chi connectivity index (χ0n) is 6.37. The molecule has 1 aromatic carbocycles. The third-order valence-electron chi connectivity index (χ3n) is 1.77. The van der Waals surface area contributed by atoms with Gasteiger partial charge in [0, 0.05) is 7.05 Å². The first-order chi connectivity index (χ1) is 5.70. The summed E-state index contributed by atoms with van der Waals surface area (Å²) in [7, 11) is 1.54. The molecule has 0 aliphatic heterocycles. The molecule has 0 amide bonds. The van der Waals surface area contributed by atoms with E-state index in [0.717, 1.165) is 0 Å². The van der Waals surface area contributed by atoms with Crippen LogP contribution in [0.2, 0.25) is 0 Å².